The Balaban J connectivity index is 1.50. The van der Waals surface area contributed by atoms with Crippen LogP contribution in [0.15, 0.2) is 71.3 Å². The van der Waals surface area contributed by atoms with E-state index >= 15 is 0 Å². The number of hydrogen-bond acceptors (Lipinski definition) is 5. The second-order valence-corrected chi connectivity index (χ2v) is 13.7. The molecule has 45 heavy (non-hydrogen) atoms. The van der Waals surface area contributed by atoms with Gasteiger partial charge in [0.2, 0.25) is 10.0 Å². The van der Waals surface area contributed by atoms with Gasteiger partial charge >= 0.3 is 0 Å². The van der Waals surface area contributed by atoms with Gasteiger partial charge in [-0.15, -0.1) is 0 Å². The maximum Gasteiger partial charge on any atom is 0.255 e. The van der Waals surface area contributed by atoms with Gasteiger partial charge in [-0.3, -0.25) is 9.10 Å². The average molecular weight is 626 g/mol. The van der Waals surface area contributed by atoms with Crippen molar-refractivity contribution in [1.82, 2.24) is 19.4 Å². The van der Waals surface area contributed by atoms with Crippen LogP contribution in [-0.2, 0) is 23.0 Å². The van der Waals surface area contributed by atoms with E-state index in [0.29, 0.717) is 63.3 Å². The molecule has 230 valence electrons. The van der Waals surface area contributed by atoms with Gasteiger partial charge in [0.1, 0.15) is 11.4 Å². The van der Waals surface area contributed by atoms with Crippen LogP contribution in [-0.4, -0.2) is 48.8 Å². The SMILES string of the molecule is CNC(=O)c1c(-c2cccn2C(C)C)oc2cc(N(C)S(C)(=O)=O)c(-c3ccc4c(n3)-c3cc5c(F)cccc5n3CC4)cc12. The Morgan fingerprint density at radius 1 is 1.07 bits per heavy atom. The summed E-state index contributed by atoms with van der Waals surface area (Å²) in [6.07, 6.45) is 3.77. The zero-order valence-corrected chi connectivity index (χ0v) is 26.4. The summed E-state index contributed by atoms with van der Waals surface area (Å²) in [5, 5.41) is 3.79. The van der Waals surface area contributed by atoms with E-state index in [1.165, 1.54) is 17.4 Å². The van der Waals surface area contributed by atoms with Gasteiger partial charge in [0.25, 0.3) is 5.91 Å². The molecule has 5 heterocycles. The van der Waals surface area contributed by atoms with Gasteiger partial charge < -0.3 is 18.9 Å². The first-order valence-electron chi connectivity index (χ1n) is 14.7. The summed E-state index contributed by atoms with van der Waals surface area (Å²) < 4.78 is 52.2. The maximum absolute atomic E-state index is 14.8. The summed E-state index contributed by atoms with van der Waals surface area (Å²) in [7, 11) is -0.654. The Morgan fingerprint density at radius 3 is 2.60 bits per heavy atom. The highest BCUT2D eigenvalue weighted by Gasteiger charge is 2.29. The van der Waals surface area contributed by atoms with Crippen LogP contribution in [0.25, 0.3) is 56.0 Å². The molecule has 2 aromatic carbocycles. The van der Waals surface area contributed by atoms with Crippen molar-refractivity contribution in [1.29, 1.82) is 0 Å². The van der Waals surface area contributed by atoms with Gasteiger partial charge in [0, 0.05) is 55.3 Å². The van der Waals surface area contributed by atoms with E-state index in [1.807, 2.05) is 61.0 Å². The Kier molecular flexibility index (Phi) is 6.63. The van der Waals surface area contributed by atoms with Crippen molar-refractivity contribution >= 4 is 43.5 Å². The lowest BCUT2D eigenvalue weighted by atomic mass is 9.99. The van der Waals surface area contributed by atoms with E-state index < -0.39 is 10.0 Å². The molecular formula is C34H32FN5O4S. The summed E-state index contributed by atoms with van der Waals surface area (Å²) in [5.74, 6) is -0.241. The number of rotatable bonds is 6. The molecule has 4 aromatic heterocycles. The van der Waals surface area contributed by atoms with Crippen LogP contribution in [0, 0.1) is 5.82 Å². The van der Waals surface area contributed by atoms with Crippen molar-refractivity contribution in [3.05, 3.63) is 83.8 Å². The normalized spacial score (nSPS) is 13.0. The predicted molar refractivity (Wildman–Crippen MR) is 174 cm³/mol. The molecular weight excluding hydrogens is 593 g/mol. The van der Waals surface area contributed by atoms with E-state index in [9.17, 15) is 17.6 Å². The molecule has 11 heteroatoms. The zero-order chi connectivity index (χ0) is 31.8. The highest BCUT2D eigenvalue weighted by molar-refractivity contribution is 7.92. The molecule has 0 unspecified atom stereocenters. The highest BCUT2D eigenvalue weighted by atomic mass is 32.2. The molecule has 0 atom stereocenters. The summed E-state index contributed by atoms with van der Waals surface area (Å²) in [5.41, 5.74) is 6.12. The fourth-order valence-corrected chi connectivity index (χ4v) is 6.83. The van der Waals surface area contributed by atoms with Crippen LogP contribution in [0.3, 0.4) is 0 Å². The number of furan rings is 1. The molecule has 1 amide bonds. The molecule has 1 aliphatic rings. The molecule has 0 fully saturated rings. The highest BCUT2D eigenvalue weighted by Crippen LogP contribution is 2.43. The van der Waals surface area contributed by atoms with Gasteiger partial charge in [0.15, 0.2) is 5.76 Å². The fraction of sp³-hybridized carbons (Fsp3) is 0.235. The standard InChI is InChI=1S/C34H32FN5O4S/c1-19(2)39-14-7-10-27(39)33-31(34(41)36-3)23-16-22(28(18-30(23)44-33)38(4)45(5,42)43)25-12-11-20-13-15-40-26-9-6-8-24(35)21(26)17-29(40)32(20)37-25/h6-12,14,16-19H,13,15H2,1-5H3,(H,36,41). The third-order valence-corrected chi connectivity index (χ3v) is 9.85. The molecule has 0 spiro atoms. The number of amides is 1. The predicted octanol–water partition coefficient (Wildman–Crippen LogP) is 6.62. The number of sulfonamides is 1. The van der Waals surface area contributed by atoms with E-state index in [2.05, 4.69) is 9.88 Å². The summed E-state index contributed by atoms with van der Waals surface area (Å²) in [6.45, 7) is 4.77. The maximum atomic E-state index is 14.8. The first kappa shape index (κ1) is 28.8. The molecule has 9 nitrogen and oxygen atoms in total. The molecule has 1 N–H and O–H groups in total. The smallest absolute Gasteiger partial charge is 0.255 e. The number of benzene rings is 2. The Morgan fingerprint density at radius 2 is 1.87 bits per heavy atom. The number of anilines is 1. The lowest BCUT2D eigenvalue weighted by Crippen LogP contribution is -2.25. The minimum atomic E-state index is -3.69. The van der Waals surface area contributed by atoms with Crippen LogP contribution in [0.1, 0.15) is 35.8 Å². The van der Waals surface area contributed by atoms with E-state index in [4.69, 9.17) is 9.40 Å². The Labute approximate surface area is 259 Å². The van der Waals surface area contributed by atoms with Crippen molar-refractivity contribution in [2.24, 2.45) is 0 Å². The largest absolute Gasteiger partial charge is 0.454 e. The van der Waals surface area contributed by atoms with Gasteiger partial charge in [0.05, 0.1) is 45.8 Å². The Hall–Kier alpha value is -4.90. The van der Waals surface area contributed by atoms with Crippen LogP contribution in [0.2, 0.25) is 0 Å². The molecule has 0 saturated heterocycles. The minimum absolute atomic E-state index is 0.104. The van der Waals surface area contributed by atoms with Gasteiger partial charge in [-0.1, -0.05) is 12.1 Å². The van der Waals surface area contributed by atoms with Crippen molar-refractivity contribution in [2.75, 3.05) is 24.7 Å². The van der Waals surface area contributed by atoms with Crippen molar-refractivity contribution < 1.29 is 22.0 Å². The van der Waals surface area contributed by atoms with E-state index in [1.54, 1.807) is 25.2 Å². The van der Waals surface area contributed by atoms with Gasteiger partial charge in [-0.2, -0.15) is 0 Å². The number of carbonyl (C=O) groups excluding carboxylic acids is 1. The van der Waals surface area contributed by atoms with Crippen molar-refractivity contribution in [2.45, 2.75) is 32.9 Å². The lowest BCUT2D eigenvalue weighted by Gasteiger charge is -2.23. The summed E-state index contributed by atoms with van der Waals surface area (Å²) in [4.78, 5) is 18.5. The van der Waals surface area contributed by atoms with Crippen molar-refractivity contribution in [3.63, 3.8) is 0 Å². The second-order valence-electron chi connectivity index (χ2n) is 11.7. The summed E-state index contributed by atoms with van der Waals surface area (Å²) in [6, 6.07) is 18.0. The van der Waals surface area contributed by atoms with Crippen molar-refractivity contribution in [3.8, 4) is 34.1 Å². The van der Waals surface area contributed by atoms with Gasteiger partial charge in [-0.05, 0) is 68.3 Å². The Bertz CT molecular complexity index is 2280. The average Bonchev–Trinajstić information content (AvgIpc) is 3.74. The first-order valence-corrected chi connectivity index (χ1v) is 16.5. The third-order valence-electron chi connectivity index (χ3n) is 8.66. The molecule has 7 rings (SSSR count). The van der Waals surface area contributed by atoms with E-state index in [-0.39, 0.29) is 17.8 Å². The monoisotopic (exact) mass is 625 g/mol. The van der Waals surface area contributed by atoms with Crippen LogP contribution in [0.4, 0.5) is 10.1 Å². The zero-order valence-electron chi connectivity index (χ0n) is 25.6. The number of aryl methyl sites for hydroxylation is 2. The number of nitrogens with one attached hydrogen (secondary N) is 1. The summed E-state index contributed by atoms with van der Waals surface area (Å²) >= 11 is 0. The fourth-order valence-electron chi connectivity index (χ4n) is 6.32. The number of aromatic nitrogens is 3. The molecule has 0 saturated carbocycles. The molecule has 0 radical (unpaired) electrons. The first-order chi connectivity index (χ1) is 21.5. The second kappa shape index (κ2) is 10.3. The number of hydrogen-bond donors (Lipinski definition) is 1. The molecule has 0 bridgehead atoms. The topological polar surface area (TPSA) is 102 Å². The quantitative estimate of drug-likeness (QED) is 0.224. The van der Waals surface area contributed by atoms with Crippen LogP contribution < -0.4 is 9.62 Å². The van der Waals surface area contributed by atoms with Crippen LogP contribution >= 0.6 is 0 Å². The molecule has 6 aromatic rings. The lowest BCUT2D eigenvalue weighted by molar-refractivity contribution is 0.0964. The number of fused-ring (bicyclic) bond motifs is 6. The third kappa shape index (κ3) is 4.52. The number of pyridine rings is 1. The number of nitrogens with zero attached hydrogens (tertiary/aromatic N) is 4. The number of carbonyl (C=O) groups is 1. The molecule has 0 aliphatic carbocycles. The number of halogens is 1. The van der Waals surface area contributed by atoms with E-state index in [0.717, 1.165) is 28.7 Å². The minimum Gasteiger partial charge on any atom is -0.454 e. The van der Waals surface area contributed by atoms with Crippen LogP contribution in [0.5, 0.6) is 0 Å². The van der Waals surface area contributed by atoms with Gasteiger partial charge in [-0.25, -0.2) is 17.8 Å². The molecule has 1 aliphatic heterocycles.